The minimum absolute atomic E-state index is 0.222. The molecule has 5 rings (SSSR count). The second kappa shape index (κ2) is 7.72. The van der Waals surface area contributed by atoms with Gasteiger partial charge < -0.3 is 15.8 Å². The van der Waals surface area contributed by atoms with Crippen LogP contribution in [-0.4, -0.2) is 32.8 Å². The Hall–Kier alpha value is -3.52. The van der Waals surface area contributed by atoms with Crippen LogP contribution in [0.2, 0.25) is 0 Å². The van der Waals surface area contributed by atoms with Gasteiger partial charge in [0.05, 0.1) is 11.4 Å². The van der Waals surface area contributed by atoms with Crippen molar-refractivity contribution in [3.8, 4) is 22.8 Å². The molecule has 3 heterocycles. The molecule has 0 saturated carbocycles. The molecule has 2 aromatic heterocycles. The summed E-state index contributed by atoms with van der Waals surface area (Å²) in [5.41, 5.74) is 8.57. The summed E-state index contributed by atoms with van der Waals surface area (Å²) in [5.74, 6) is 1.12. The molecule has 2 aromatic carbocycles. The molecule has 8 heteroatoms. The number of aromatic nitrogens is 4. The predicted molar refractivity (Wildman–Crippen MR) is 113 cm³/mol. The number of halogens is 1. The fourth-order valence-electron chi connectivity index (χ4n) is 3.84. The fourth-order valence-corrected chi connectivity index (χ4v) is 3.84. The third kappa shape index (κ3) is 3.46. The van der Waals surface area contributed by atoms with Crippen LogP contribution in [0, 0.1) is 5.82 Å². The van der Waals surface area contributed by atoms with Crippen LogP contribution < -0.4 is 15.8 Å². The summed E-state index contributed by atoms with van der Waals surface area (Å²) in [6.45, 7) is 1.87. The van der Waals surface area contributed by atoms with Crippen LogP contribution in [0.15, 0.2) is 54.9 Å². The van der Waals surface area contributed by atoms with Crippen molar-refractivity contribution in [2.75, 3.05) is 18.8 Å². The molecule has 1 fully saturated rings. The highest BCUT2D eigenvalue weighted by Crippen LogP contribution is 2.34. The van der Waals surface area contributed by atoms with Crippen molar-refractivity contribution in [2.45, 2.75) is 18.9 Å². The summed E-state index contributed by atoms with van der Waals surface area (Å²) in [5, 5.41) is 9.04. The molecule has 1 aliphatic heterocycles. The predicted octanol–water partition coefficient (Wildman–Crippen LogP) is 3.93. The summed E-state index contributed by atoms with van der Waals surface area (Å²) in [6.07, 6.45) is 3.60. The molecule has 3 N–H and O–H groups in total. The molecule has 1 saturated heterocycles. The Morgan fingerprint density at radius 3 is 2.73 bits per heavy atom. The Balaban J connectivity index is 1.51. The van der Waals surface area contributed by atoms with Crippen LogP contribution in [0.4, 0.5) is 10.2 Å². The summed E-state index contributed by atoms with van der Waals surface area (Å²) >= 11 is 0. The number of nitrogen functional groups attached to an aromatic ring is 1. The minimum Gasteiger partial charge on any atom is -0.457 e. The third-order valence-corrected chi connectivity index (χ3v) is 5.29. The van der Waals surface area contributed by atoms with E-state index in [1.165, 1.54) is 18.5 Å². The Bertz CT molecular complexity index is 1180. The molecule has 30 heavy (non-hydrogen) atoms. The maximum absolute atomic E-state index is 13.4. The summed E-state index contributed by atoms with van der Waals surface area (Å²) in [6, 6.07) is 13.7. The van der Waals surface area contributed by atoms with Crippen molar-refractivity contribution in [1.29, 1.82) is 0 Å². The average Bonchev–Trinajstić information content (AvgIpc) is 3.16. The van der Waals surface area contributed by atoms with E-state index < -0.39 is 0 Å². The van der Waals surface area contributed by atoms with Gasteiger partial charge >= 0.3 is 0 Å². The van der Waals surface area contributed by atoms with E-state index in [1.54, 1.807) is 12.1 Å². The highest BCUT2D eigenvalue weighted by molar-refractivity contribution is 5.98. The van der Waals surface area contributed by atoms with Gasteiger partial charge in [0.15, 0.2) is 5.65 Å². The maximum Gasteiger partial charge on any atom is 0.164 e. The molecule has 7 nitrogen and oxygen atoms in total. The standard InChI is InChI=1S/C22H21FN6O/c23-15-3-1-5-18(11-15)30-17-8-6-14(7-9-17)20-19-21(24)26-13-27-22(19)29(28-20)16-4-2-10-25-12-16/h1,3,5-9,11,13,16,25H,2,4,10,12H2,(H2,24,26,27). The average molecular weight is 404 g/mol. The Labute approximate surface area is 172 Å². The van der Waals surface area contributed by atoms with Gasteiger partial charge in [0.1, 0.15) is 35.2 Å². The summed E-state index contributed by atoms with van der Waals surface area (Å²) in [4.78, 5) is 8.64. The Morgan fingerprint density at radius 2 is 1.97 bits per heavy atom. The van der Waals surface area contributed by atoms with Gasteiger partial charge in [-0.15, -0.1) is 0 Å². The van der Waals surface area contributed by atoms with E-state index in [0.717, 1.165) is 48.2 Å². The lowest BCUT2D eigenvalue weighted by Crippen LogP contribution is -2.32. The van der Waals surface area contributed by atoms with Crippen LogP contribution in [0.25, 0.3) is 22.3 Å². The first kappa shape index (κ1) is 18.5. The van der Waals surface area contributed by atoms with E-state index in [4.69, 9.17) is 15.6 Å². The Kier molecular flexibility index (Phi) is 4.76. The maximum atomic E-state index is 13.4. The number of hydrogen-bond acceptors (Lipinski definition) is 6. The molecule has 0 bridgehead atoms. The number of nitrogens with zero attached hydrogens (tertiary/aromatic N) is 4. The van der Waals surface area contributed by atoms with Gasteiger partial charge in [-0.05, 0) is 55.8 Å². The number of fused-ring (bicyclic) bond motifs is 1. The monoisotopic (exact) mass is 404 g/mol. The number of rotatable bonds is 4. The van der Waals surface area contributed by atoms with Crippen LogP contribution in [0.1, 0.15) is 18.9 Å². The number of nitrogens with one attached hydrogen (secondary N) is 1. The lowest BCUT2D eigenvalue weighted by atomic mass is 10.1. The quantitative estimate of drug-likeness (QED) is 0.536. The van der Waals surface area contributed by atoms with Crippen LogP contribution >= 0.6 is 0 Å². The van der Waals surface area contributed by atoms with Gasteiger partial charge in [-0.3, -0.25) is 0 Å². The zero-order chi connectivity index (χ0) is 20.5. The Morgan fingerprint density at radius 1 is 1.10 bits per heavy atom. The molecule has 0 spiro atoms. The van der Waals surface area contributed by atoms with Crippen molar-refractivity contribution in [1.82, 2.24) is 25.1 Å². The van der Waals surface area contributed by atoms with Crippen LogP contribution in [0.5, 0.6) is 11.5 Å². The number of ether oxygens (including phenoxy) is 1. The van der Waals surface area contributed by atoms with Crippen molar-refractivity contribution in [3.05, 3.63) is 60.7 Å². The van der Waals surface area contributed by atoms with Gasteiger partial charge in [0.2, 0.25) is 0 Å². The van der Waals surface area contributed by atoms with E-state index in [-0.39, 0.29) is 11.9 Å². The lowest BCUT2D eigenvalue weighted by molar-refractivity contribution is 0.354. The normalized spacial score (nSPS) is 16.6. The second-order valence-corrected chi connectivity index (χ2v) is 7.33. The van der Waals surface area contributed by atoms with Crippen molar-refractivity contribution >= 4 is 16.9 Å². The van der Waals surface area contributed by atoms with Crippen molar-refractivity contribution < 1.29 is 9.13 Å². The topological polar surface area (TPSA) is 90.9 Å². The molecule has 4 aromatic rings. The zero-order valence-electron chi connectivity index (χ0n) is 16.3. The lowest BCUT2D eigenvalue weighted by Gasteiger charge is -2.23. The number of piperidine rings is 1. The molecule has 152 valence electrons. The van der Waals surface area contributed by atoms with Crippen LogP contribution in [-0.2, 0) is 0 Å². The van der Waals surface area contributed by atoms with E-state index in [2.05, 4.69) is 15.3 Å². The SMILES string of the molecule is Nc1ncnc2c1c(-c1ccc(Oc3cccc(F)c3)cc1)nn2C1CCCNC1. The highest BCUT2D eigenvalue weighted by Gasteiger charge is 2.23. The fraction of sp³-hybridized carbons (Fsp3) is 0.227. The number of hydrogen-bond donors (Lipinski definition) is 2. The summed E-state index contributed by atoms with van der Waals surface area (Å²) < 4.78 is 21.1. The number of anilines is 1. The molecule has 1 atom stereocenters. The molecular weight excluding hydrogens is 383 g/mol. The summed E-state index contributed by atoms with van der Waals surface area (Å²) in [7, 11) is 0. The number of nitrogens with two attached hydrogens (primary N) is 1. The minimum atomic E-state index is -0.339. The second-order valence-electron chi connectivity index (χ2n) is 7.33. The van der Waals surface area contributed by atoms with Gasteiger partial charge in [-0.25, -0.2) is 19.0 Å². The van der Waals surface area contributed by atoms with Crippen molar-refractivity contribution in [2.24, 2.45) is 0 Å². The smallest absolute Gasteiger partial charge is 0.164 e. The van der Waals surface area contributed by atoms with Gasteiger partial charge in [0.25, 0.3) is 0 Å². The van der Waals surface area contributed by atoms with E-state index in [9.17, 15) is 4.39 Å². The van der Waals surface area contributed by atoms with Crippen LogP contribution in [0.3, 0.4) is 0 Å². The molecule has 0 amide bonds. The van der Waals surface area contributed by atoms with Crippen molar-refractivity contribution in [3.63, 3.8) is 0 Å². The zero-order valence-corrected chi connectivity index (χ0v) is 16.3. The van der Waals surface area contributed by atoms with E-state index in [1.807, 2.05) is 28.9 Å². The van der Waals surface area contributed by atoms with E-state index >= 15 is 0 Å². The molecule has 1 aliphatic rings. The van der Waals surface area contributed by atoms with Gasteiger partial charge in [-0.1, -0.05) is 6.07 Å². The van der Waals surface area contributed by atoms with Gasteiger partial charge in [0, 0.05) is 18.2 Å². The largest absolute Gasteiger partial charge is 0.457 e. The molecular formula is C22H21FN6O. The molecule has 0 radical (unpaired) electrons. The molecule has 1 unspecified atom stereocenters. The first-order chi connectivity index (χ1) is 14.7. The molecule has 0 aliphatic carbocycles. The first-order valence-electron chi connectivity index (χ1n) is 9.92. The van der Waals surface area contributed by atoms with Gasteiger partial charge in [-0.2, -0.15) is 5.10 Å². The third-order valence-electron chi connectivity index (χ3n) is 5.29. The van der Waals surface area contributed by atoms with E-state index in [0.29, 0.717) is 17.3 Å². The first-order valence-corrected chi connectivity index (χ1v) is 9.92. The number of benzene rings is 2. The highest BCUT2D eigenvalue weighted by atomic mass is 19.1.